The van der Waals surface area contributed by atoms with Crippen LogP contribution in [-0.4, -0.2) is 90.3 Å². The van der Waals surface area contributed by atoms with E-state index in [1.807, 2.05) is 13.1 Å². The van der Waals surface area contributed by atoms with Crippen LogP contribution in [-0.2, 0) is 9.59 Å². The number of urea groups is 1. The van der Waals surface area contributed by atoms with Crippen LogP contribution in [0.5, 0.6) is 0 Å². The van der Waals surface area contributed by atoms with E-state index >= 15 is 0 Å². The number of amides is 4. The van der Waals surface area contributed by atoms with Gasteiger partial charge in [0.2, 0.25) is 5.91 Å². The Bertz CT molecular complexity index is 1000. The lowest BCUT2D eigenvalue weighted by atomic mass is 9.95. The van der Waals surface area contributed by atoms with Crippen molar-refractivity contribution in [2.24, 2.45) is 0 Å². The molecule has 0 aliphatic carbocycles. The summed E-state index contributed by atoms with van der Waals surface area (Å²) in [6.45, 7) is 6.07. The van der Waals surface area contributed by atoms with Crippen LogP contribution in [0.15, 0.2) is 48.2 Å². The van der Waals surface area contributed by atoms with Gasteiger partial charge in [0, 0.05) is 24.7 Å². The summed E-state index contributed by atoms with van der Waals surface area (Å²) in [6.07, 6.45) is 3.45. The number of piperidine rings is 1. The number of hydrogen-bond acceptors (Lipinski definition) is 4. The van der Waals surface area contributed by atoms with Crippen LogP contribution < -0.4 is 5.32 Å². The third-order valence-corrected chi connectivity index (χ3v) is 7.12. The SMILES string of the molecule is C=CCN1C(=O)N[C@H](c2ccccc2Cl)C2=C1CN(CC(=O)N(C)C1CCN(C)CC1)C2=O. The van der Waals surface area contributed by atoms with Crippen molar-refractivity contribution in [3.63, 3.8) is 0 Å². The molecule has 0 spiro atoms. The van der Waals surface area contributed by atoms with E-state index in [0.717, 1.165) is 25.9 Å². The Morgan fingerprint density at radius 2 is 1.97 bits per heavy atom. The van der Waals surface area contributed by atoms with E-state index in [-0.39, 0.29) is 43.5 Å². The Morgan fingerprint density at radius 1 is 1.27 bits per heavy atom. The predicted molar refractivity (Wildman–Crippen MR) is 127 cm³/mol. The summed E-state index contributed by atoms with van der Waals surface area (Å²) in [5, 5.41) is 3.38. The zero-order chi connectivity index (χ0) is 23.7. The van der Waals surface area contributed by atoms with E-state index < -0.39 is 6.04 Å². The number of hydrogen-bond donors (Lipinski definition) is 1. The Kier molecular flexibility index (Phi) is 6.76. The Balaban J connectivity index is 1.57. The molecule has 4 rings (SSSR count). The average Bonchev–Trinajstić information content (AvgIpc) is 3.12. The first-order valence-electron chi connectivity index (χ1n) is 11.2. The van der Waals surface area contributed by atoms with Gasteiger partial charge >= 0.3 is 6.03 Å². The van der Waals surface area contributed by atoms with E-state index in [9.17, 15) is 14.4 Å². The highest BCUT2D eigenvalue weighted by Gasteiger charge is 2.45. The second-order valence-corrected chi connectivity index (χ2v) is 9.27. The summed E-state index contributed by atoms with van der Waals surface area (Å²) in [4.78, 5) is 46.5. The Labute approximate surface area is 199 Å². The molecule has 1 aromatic rings. The van der Waals surface area contributed by atoms with Crippen LogP contribution in [0.3, 0.4) is 0 Å². The van der Waals surface area contributed by atoms with Gasteiger partial charge in [-0.1, -0.05) is 35.9 Å². The molecule has 0 aromatic heterocycles. The van der Waals surface area contributed by atoms with Gasteiger partial charge in [0.1, 0.15) is 6.54 Å². The minimum absolute atomic E-state index is 0.0277. The van der Waals surface area contributed by atoms with Gasteiger partial charge < -0.3 is 20.0 Å². The van der Waals surface area contributed by atoms with Crippen LogP contribution in [0.1, 0.15) is 24.4 Å². The number of carbonyl (C=O) groups is 3. The largest absolute Gasteiger partial charge is 0.341 e. The summed E-state index contributed by atoms with van der Waals surface area (Å²) in [5.74, 6) is -0.351. The molecule has 4 amide bonds. The summed E-state index contributed by atoms with van der Waals surface area (Å²) in [7, 11) is 3.89. The molecule has 1 N–H and O–H groups in total. The number of benzene rings is 1. The van der Waals surface area contributed by atoms with Crippen molar-refractivity contribution < 1.29 is 14.4 Å². The number of rotatable bonds is 6. The molecule has 3 heterocycles. The van der Waals surface area contributed by atoms with Gasteiger partial charge in [0.15, 0.2) is 0 Å². The third-order valence-electron chi connectivity index (χ3n) is 6.78. The molecule has 0 radical (unpaired) electrons. The smallest absolute Gasteiger partial charge is 0.322 e. The van der Waals surface area contributed by atoms with Crippen molar-refractivity contribution in [2.45, 2.75) is 24.9 Å². The van der Waals surface area contributed by atoms with Crippen LogP contribution in [0.2, 0.25) is 5.02 Å². The van der Waals surface area contributed by atoms with E-state index in [1.54, 1.807) is 29.2 Å². The van der Waals surface area contributed by atoms with Gasteiger partial charge in [-0.2, -0.15) is 0 Å². The maximum atomic E-state index is 13.5. The first-order valence-corrected chi connectivity index (χ1v) is 11.6. The van der Waals surface area contributed by atoms with Gasteiger partial charge in [-0.25, -0.2) is 4.79 Å². The Morgan fingerprint density at radius 3 is 2.64 bits per heavy atom. The number of likely N-dealkylation sites (N-methyl/N-ethyl adjacent to an activating group) is 1. The predicted octanol–water partition coefficient (Wildman–Crippen LogP) is 2.24. The lowest BCUT2D eigenvalue weighted by Gasteiger charge is -2.35. The van der Waals surface area contributed by atoms with Crippen molar-refractivity contribution in [2.75, 3.05) is 46.8 Å². The second-order valence-electron chi connectivity index (χ2n) is 8.86. The van der Waals surface area contributed by atoms with Crippen molar-refractivity contribution in [1.29, 1.82) is 0 Å². The highest BCUT2D eigenvalue weighted by Crippen LogP contribution is 2.38. The highest BCUT2D eigenvalue weighted by atomic mass is 35.5. The fourth-order valence-electron chi connectivity index (χ4n) is 4.80. The van der Waals surface area contributed by atoms with E-state index in [2.05, 4.69) is 23.8 Å². The van der Waals surface area contributed by atoms with E-state index in [0.29, 0.717) is 21.9 Å². The summed E-state index contributed by atoms with van der Waals surface area (Å²) >= 11 is 6.41. The average molecular weight is 472 g/mol. The number of nitrogens with one attached hydrogen (secondary N) is 1. The lowest BCUT2D eigenvalue weighted by molar-refractivity contribution is -0.138. The number of halogens is 1. The monoisotopic (exact) mass is 471 g/mol. The van der Waals surface area contributed by atoms with Gasteiger partial charge in [-0.3, -0.25) is 14.5 Å². The van der Waals surface area contributed by atoms with Crippen molar-refractivity contribution in [1.82, 2.24) is 24.9 Å². The second kappa shape index (κ2) is 9.57. The first-order chi connectivity index (χ1) is 15.8. The standard InChI is InChI=1S/C24H30ClN5O3/c1-4-11-30-19-14-29(15-20(31)28(3)16-9-12-27(2)13-10-16)23(32)21(19)22(26-24(30)33)17-7-5-6-8-18(17)25/h4-8,16,22H,1,9-15H2,2-3H3,(H,26,33)/t22-/m1/s1. The maximum absolute atomic E-state index is 13.5. The maximum Gasteiger partial charge on any atom is 0.322 e. The number of likely N-dealkylation sites (tertiary alicyclic amines) is 1. The molecule has 33 heavy (non-hydrogen) atoms. The Hall–Kier alpha value is -2.84. The molecule has 1 aromatic carbocycles. The minimum atomic E-state index is -0.665. The normalized spacial score (nSPS) is 21.8. The fraction of sp³-hybridized carbons (Fsp3) is 0.458. The van der Waals surface area contributed by atoms with Crippen LogP contribution in [0, 0.1) is 0 Å². The quantitative estimate of drug-likeness (QED) is 0.645. The molecule has 3 aliphatic rings. The number of carbonyl (C=O) groups excluding carboxylic acids is 3. The van der Waals surface area contributed by atoms with E-state index in [4.69, 9.17) is 11.6 Å². The molecule has 0 saturated carbocycles. The molecule has 1 fully saturated rings. The van der Waals surface area contributed by atoms with Gasteiger partial charge in [0.05, 0.1) is 23.9 Å². The molecular weight excluding hydrogens is 442 g/mol. The molecule has 0 bridgehead atoms. The molecule has 176 valence electrons. The minimum Gasteiger partial charge on any atom is -0.341 e. The summed E-state index contributed by atoms with van der Waals surface area (Å²) in [6, 6.07) is 6.35. The first kappa shape index (κ1) is 23.3. The van der Waals surface area contributed by atoms with Crippen molar-refractivity contribution in [3.05, 3.63) is 58.8 Å². The number of nitrogens with zero attached hydrogens (tertiary/aromatic N) is 4. The molecule has 9 heteroatoms. The van der Waals surface area contributed by atoms with Crippen LogP contribution in [0.4, 0.5) is 4.79 Å². The zero-order valence-corrected chi connectivity index (χ0v) is 19.8. The highest BCUT2D eigenvalue weighted by molar-refractivity contribution is 6.31. The van der Waals surface area contributed by atoms with Crippen LogP contribution >= 0.6 is 11.6 Å². The topological polar surface area (TPSA) is 76.2 Å². The van der Waals surface area contributed by atoms with Gasteiger partial charge in [-0.05, 0) is 44.6 Å². The van der Waals surface area contributed by atoms with Gasteiger partial charge in [0.25, 0.3) is 5.91 Å². The molecular formula is C24H30ClN5O3. The lowest BCUT2D eigenvalue weighted by Crippen LogP contribution is -2.48. The van der Waals surface area contributed by atoms with Crippen LogP contribution in [0.25, 0.3) is 0 Å². The van der Waals surface area contributed by atoms with E-state index in [1.165, 1.54) is 9.80 Å². The summed E-state index contributed by atoms with van der Waals surface area (Å²) in [5.41, 5.74) is 1.71. The molecule has 3 aliphatic heterocycles. The molecule has 1 saturated heterocycles. The van der Waals surface area contributed by atoms with Gasteiger partial charge in [-0.15, -0.1) is 6.58 Å². The fourth-order valence-corrected chi connectivity index (χ4v) is 5.05. The third kappa shape index (κ3) is 4.50. The molecule has 0 unspecified atom stereocenters. The molecule has 8 nitrogen and oxygen atoms in total. The van der Waals surface area contributed by atoms with Crippen molar-refractivity contribution >= 4 is 29.4 Å². The molecule has 1 atom stereocenters. The van der Waals surface area contributed by atoms with Crippen molar-refractivity contribution in [3.8, 4) is 0 Å². The summed E-state index contributed by atoms with van der Waals surface area (Å²) < 4.78 is 0. The zero-order valence-electron chi connectivity index (χ0n) is 19.1.